The van der Waals surface area contributed by atoms with Gasteiger partial charge in [0, 0.05) is 0 Å². The molecule has 162 valence electrons. The predicted molar refractivity (Wildman–Crippen MR) is 121 cm³/mol. The first-order chi connectivity index (χ1) is 14.3. The monoisotopic (exact) mass is 400 g/mol. The van der Waals surface area contributed by atoms with Gasteiger partial charge in [0.1, 0.15) is 5.75 Å². The molecular weight excluding hydrogens is 359 g/mol. The van der Waals surface area contributed by atoms with E-state index in [-0.39, 0.29) is 0 Å². The van der Waals surface area contributed by atoms with Crippen molar-refractivity contribution in [1.82, 2.24) is 0 Å². The molecule has 2 saturated carbocycles. The number of halogens is 1. The summed E-state index contributed by atoms with van der Waals surface area (Å²) < 4.78 is 18.6. The topological polar surface area (TPSA) is 9.23 Å². The smallest absolute Gasteiger partial charge is 0.119 e. The lowest BCUT2D eigenvalue weighted by Gasteiger charge is -2.46. The minimum absolute atomic E-state index is 0.376. The number of allylic oxidation sites excluding steroid dienone is 1. The van der Waals surface area contributed by atoms with Crippen molar-refractivity contribution in [3.05, 3.63) is 42.2 Å². The van der Waals surface area contributed by atoms with Crippen LogP contribution >= 0.6 is 0 Å². The Balaban J connectivity index is 1.49. The summed E-state index contributed by atoms with van der Waals surface area (Å²) in [5, 5.41) is 0. The zero-order chi connectivity index (χ0) is 20.4. The molecule has 0 amide bonds. The molecular formula is C27H41FO. The van der Waals surface area contributed by atoms with E-state index in [0.29, 0.717) is 11.3 Å². The van der Waals surface area contributed by atoms with E-state index < -0.39 is 0 Å². The second-order valence-electron chi connectivity index (χ2n) is 9.52. The van der Waals surface area contributed by atoms with E-state index in [0.717, 1.165) is 37.4 Å². The fourth-order valence-corrected chi connectivity index (χ4v) is 5.91. The molecule has 0 N–H and O–H groups in total. The van der Waals surface area contributed by atoms with Crippen LogP contribution in [0.15, 0.2) is 36.7 Å². The normalized spacial score (nSPS) is 24.6. The third-order valence-electron chi connectivity index (χ3n) is 7.67. The molecule has 0 spiro atoms. The van der Waals surface area contributed by atoms with Gasteiger partial charge in [-0.15, -0.1) is 0 Å². The van der Waals surface area contributed by atoms with Gasteiger partial charge in [-0.2, -0.15) is 0 Å². The highest BCUT2D eigenvalue weighted by atomic mass is 19.1. The van der Waals surface area contributed by atoms with Crippen LogP contribution in [0.5, 0.6) is 5.75 Å². The molecule has 0 saturated heterocycles. The van der Waals surface area contributed by atoms with Gasteiger partial charge >= 0.3 is 0 Å². The van der Waals surface area contributed by atoms with Crippen LogP contribution in [0, 0.1) is 11.3 Å². The highest BCUT2D eigenvalue weighted by molar-refractivity contribution is 5.29. The van der Waals surface area contributed by atoms with Gasteiger partial charge in [0.2, 0.25) is 0 Å². The highest BCUT2D eigenvalue weighted by Crippen LogP contribution is 2.52. The molecule has 2 aliphatic carbocycles. The summed E-state index contributed by atoms with van der Waals surface area (Å²) in [6.45, 7) is 3.07. The minimum Gasteiger partial charge on any atom is -0.494 e. The van der Waals surface area contributed by atoms with Crippen molar-refractivity contribution in [2.24, 2.45) is 11.3 Å². The summed E-state index contributed by atoms with van der Waals surface area (Å²) in [6.07, 6.45) is 20.3. The molecule has 2 fully saturated rings. The fourth-order valence-electron chi connectivity index (χ4n) is 5.91. The maximum absolute atomic E-state index is 12.7. The third kappa shape index (κ3) is 6.33. The summed E-state index contributed by atoms with van der Waals surface area (Å²) >= 11 is 0. The van der Waals surface area contributed by atoms with E-state index >= 15 is 0 Å². The second-order valence-corrected chi connectivity index (χ2v) is 9.52. The van der Waals surface area contributed by atoms with Crippen LogP contribution in [-0.4, -0.2) is 6.61 Å². The number of unbranched alkanes of at least 4 members (excludes halogenated alkanes) is 3. The quantitative estimate of drug-likeness (QED) is 0.357. The second kappa shape index (κ2) is 11.8. The van der Waals surface area contributed by atoms with Crippen molar-refractivity contribution in [3.63, 3.8) is 0 Å². The number of rotatable bonds is 10. The van der Waals surface area contributed by atoms with Gasteiger partial charge in [0.25, 0.3) is 0 Å². The molecule has 2 heteroatoms. The molecule has 1 aromatic rings. The van der Waals surface area contributed by atoms with E-state index in [1.807, 2.05) is 0 Å². The maximum atomic E-state index is 12.7. The molecule has 0 heterocycles. The summed E-state index contributed by atoms with van der Waals surface area (Å²) in [5.74, 6) is 2.47. The van der Waals surface area contributed by atoms with Crippen LogP contribution in [0.3, 0.4) is 0 Å². The van der Waals surface area contributed by atoms with Gasteiger partial charge in [-0.25, -0.2) is 4.39 Å². The van der Waals surface area contributed by atoms with Gasteiger partial charge in [-0.3, -0.25) is 0 Å². The van der Waals surface area contributed by atoms with Crippen molar-refractivity contribution in [1.29, 1.82) is 0 Å². The van der Waals surface area contributed by atoms with E-state index in [2.05, 4.69) is 31.2 Å². The first-order valence-electron chi connectivity index (χ1n) is 12.3. The lowest BCUT2D eigenvalue weighted by atomic mass is 9.59. The third-order valence-corrected chi connectivity index (χ3v) is 7.67. The zero-order valence-corrected chi connectivity index (χ0v) is 18.5. The predicted octanol–water partition coefficient (Wildman–Crippen LogP) is 8.74. The standard InChI is InChI=1S/C27H41FO/c1-2-3-4-8-22-29-26-16-12-24(13-17-26)23-10-14-25(15-11-23)27(20-9-21-28)18-6-5-7-19-27/h9,12-13,16-17,21,23,25H,2-8,10-11,14-15,18-20,22H2,1H3/b21-9+/t23-,25-. The summed E-state index contributed by atoms with van der Waals surface area (Å²) in [5.41, 5.74) is 1.85. The Hall–Kier alpha value is -1.31. The molecule has 1 aromatic carbocycles. The number of hydrogen-bond acceptors (Lipinski definition) is 1. The molecule has 0 bridgehead atoms. The molecule has 0 unspecified atom stereocenters. The molecule has 29 heavy (non-hydrogen) atoms. The van der Waals surface area contributed by atoms with Gasteiger partial charge < -0.3 is 4.74 Å². The van der Waals surface area contributed by atoms with Crippen molar-refractivity contribution in [2.45, 2.75) is 103 Å². The summed E-state index contributed by atoms with van der Waals surface area (Å²) in [6, 6.07) is 8.90. The Bertz CT molecular complexity index is 591. The molecule has 0 radical (unpaired) electrons. The Morgan fingerprint density at radius 3 is 2.34 bits per heavy atom. The number of ether oxygens (including phenoxy) is 1. The Kier molecular flexibility index (Phi) is 9.08. The Labute approximate surface area is 178 Å². The average molecular weight is 401 g/mol. The van der Waals surface area contributed by atoms with E-state index in [1.165, 1.54) is 82.6 Å². The zero-order valence-electron chi connectivity index (χ0n) is 18.5. The Morgan fingerprint density at radius 2 is 1.69 bits per heavy atom. The molecule has 3 rings (SSSR count). The van der Waals surface area contributed by atoms with E-state index in [4.69, 9.17) is 4.74 Å². The molecule has 0 atom stereocenters. The molecule has 0 aliphatic heterocycles. The highest BCUT2D eigenvalue weighted by Gasteiger charge is 2.40. The van der Waals surface area contributed by atoms with Gasteiger partial charge in [0.15, 0.2) is 0 Å². The van der Waals surface area contributed by atoms with Gasteiger partial charge in [0.05, 0.1) is 12.9 Å². The van der Waals surface area contributed by atoms with Crippen molar-refractivity contribution in [2.75, 3.05) is 6.61 Å². The SMILES string of the molecule is CCCCCCOc1ccc([C@H]2CC[C@H](C3(C/C=C/F)CCCCC3)CC2)cc1. The van der Waals surface area contributed by atoms with Crippen LogP contribution in [0.25, 0.3) is 0 Å². The van der Waals surface area contributed by atoms with Crippen LogP contribution in [0.1, 0.15) is 108 Å². The fraction of sp³-hybridized carbons (Fsp3) is 0.704. The largest absolute Gasteiger partial charge is 0.494 e. The Morgan fingerprint density at radius 1 is 0.966 bits per heavy atom. The maximum Gasteiger partial charge on any atom is 0.119 e. The summed E-state index contributed by atoms with van der Waals surface area (Å²) in [7, 11) is 0. The van der Waals surface area contributed by atoms with Crippen LogP contribution in [0.2, 0.25) is 0 Å². The first kappa shape index (κ1) is 22.4. The van der Waals surface area contributed by atoms with Gasteiger partial charge in [-0.1, -0.05) is 63.7 Å². The van der Waals surface area contributed by atoms with Crippen LogP contribution < -0.4 is 4.74 Å². The summed E-state index contributed by atoms with van der Waals surface area (Å²) in [4.78, 5) is 0. The van der Waals surface area contributed by atoms with Crippen molar-refractivity contribution < 1.29 is 9.13 Å². The van der Waals surface area contributed by atoms with Crippen LogP contribution in [-0.2, 0) is 0 Å². The lowest BCUT2D eigenvalue weighted by molar-refractivity contribution is 0.0654. The lowest BCUT2D eigenvalue weighted by Crippen LogP contribution is -2.35. The minimum atomic E-state index is 0.376. The van der Waals surface area contributed by atoms with Crippen LogP contribution in [0.4, 0.5) is 4.39 Å². The van der Waals surface area contributed by atoms with Crippen molar-refractivity contribution in [3.8, 4) is 5.75 Å². The number of hydrogen-bond donors (Lipinski definition) is 0. The average Bonchev–Trinajstić information content (AvgIpc) is 2.79. The molecule has 0 aromatic heterocycles. The van der Waals surface area contributed by atoms with Gasteiger partial charge in [-0.05, 0) is 86.3 Å². The first-order valence-corrected chi connectivity index (χ1v) is 12.3. The number of benzene rings is 1. The molecule has 1 nitrogen and oxygen atoms in total. The van der Waals surface area contributed by atoms with Crippen molar-refractivity contribution >= 4 is 0 Å². The van der Waals surface area contributed by atoms with E-state index in [9.17, 15) is 4.39 Å². The molecule has 2 aliphatic rings. The van der Waals surface area contributed by atoms with E-state index in [1.54, 1.807) is 6.08 Å².